The molecule has 0 bridgehead atoms. The van der Waals surface area contributed by atoms with Crippen LogP contribution in [0.3, 0.4) is 0 Å². The highest BCUT2D eigenvalue weighted by atomic mass is 16.3. The zero-order valence-electron chi connectivity index (χ0n) is 4.01. The fraction of sp³-hybridized carbons (Fsp3) is 1.00. The standard InChI is InChI=1S/C4H9O2/c1-3(5)4(2)6/h3-5H,1-2H3/q-1. The zero-order chi connectivity index (χ0) is 5.15. The summed E-state index contributed by atoms with van der Waals surface area (Å²) in [5.41, 5.74) is 0. The van der Waals surface area contributed by atoms with Crippen molar-refractivity contribution in [2.24, 2.45) is 0 Å². The van der Waals surface area contributed by atoms with Crippen LogP contribution in [0.2, 0.25) is 0 Å². The van der Waals surface area contributed by atoms with Crippen molar-refractivity contribution in [1.29, 1.82) is 0 Å². The monoisotopic (exact) mass is 89.1 g/mol. The van der Waals surface area contributed by atoms with Crippen molar-refractivity contribution in [3.8, 4) is 0 Å². The first-order chi connectivity index (χ1) is 2.64. The number of hydrogen-bond donors (Lipinski definition) is 1. The van der Waals surface area contributed by atoms with Gasteiger partial charge in [-0.2, -0.15) is 0 Å². The predicted octanol–water partition coefficient (Wildman–Crippen LogP) is -0.884. The third-order valence-electron chi connectivity index (χ3n) is 0.679. The second kappa shape index (κ2) is 2.16. The molecule has 0 aromatic heterocycles. The van der Waals surface area contributed by atoms with Crippen molar-refractivity contribution in [1.82, 2.24) is 0 Å². The maximum Gasteiger partial charge on any atom is 0.0385 e. The largest absolute Gasteiger partial charge is 0.850 e. The zero-order valence-corrected chi connectivity index (χ0v) is 4.01. The summed E-state index contributed by atoms with van der Waals surface area (Å²) >= 11 is 0. The van der Waals surface area contributed by atoms with E-state index in [0.717, 1.165) is 0 Å². The van der Waals surface area contributed by atoms with Gasteiger partial charge in [-0.3, -0.25) is 0 Å². The van der Waals surface area contributed by atoms with E-state index in [0.29, 0.717) is 0 Å². The summed E-state index contributed by atoms with van der Waals surface area (Å²) < 4.78 is 0. The van der Waals surface area contributed by atoms with E-state index in [1.165, 1.54) is 13.8 Å². The van der Waals surface area contributed by atoms with Gasteiger partial charge in [0, 0.05) is 6.10 Å². The van der Waals surface area contributed by atoms with Gasteiger partial charge in [0.05, 0.1) is 0 Å². The van der Waals surface area contributed by atoms with Crippen molar-refractivity contribution in [2.75, 3.05) is 0 Å². The summed E-state index contributed by atoms with van der Waals surface area (Å²) in [5, 5.41) is 18.3. The highest BCUT2D eigenvalue weighted by Gasteiger charge is 1.89. The van der Waals surface area contributed by atoms with Gasteiger partial charge in [0.25, 0.3) is 0 Å². The predicted molar refractivity (Wildman–Crippen MR) is 21.1 cm³/mol. The average Bonchev–Trinajstić information content (AvgIpc) is 1.36. The highest BCUT2D eigenvalue weighted by molar-refractivity contribution is 4.49. The molecule has 0 fully saturated rings. The van der Waals surface area contributed by atoms with E-state index in [4.69, 9.17) is 5.11 Å². The van der Waals surface area contributed by atoms with Crippen LogP contribution in [0.5, 0.6) is 0 Å². The Morgan fingerprint density at radius 3 is 1.67 bits per heavy atom. The lowest BCUT2D eigenvalue weighted by molar-refractivity contribution is -0.430. The van der Waals surface area contributed by atoms with Gasteiger partial charge in [0.2, 0.25) is 0 Å². The number of rotatable bonds is 1. The summed E-state index contributed by atoms with van der Waals surface area (Å²) in [5.74, 6) is 0. The smallest absolute Gasteiger partial charge is 0.0385 e. The first-order valence-electron chi connectivity index (χ1n) is 1.98. The molecule has 0 heterocycles. The molecule has 0 saturated carbocycles. The lowest BCUT2D eigenvalue weighted by Gasteiger charge is -2.18. The Morgan fingerprint density at radius 1 is 1.50 bits per heavy atom. The van der Waals surface area contributed by atoms with Gasteiger partial charge in [-0.25, -0.2) is 0 Å². The fourth-order valence-electron chi connectivity index (χ4n) is 0. The molecule has 0 aromatic carbocycles. The highest BCUT2D eigenvalue weighted by Crippen LogP contribution is 1.81. The van der Waals surface area contributed by atoms with E-state index in [2.05, 4.69) is 0 Å². The van der Waals surface area contributed by atoms with Crippen molar-refractivity contribution < 1.29 is 10.2 Å². The second-order valence-corrected chi connectivity index (χ2v) is 1.45. The Labute approximate surface area is 37.4 Å². The van der Waals surface area contributed by atoms with Gasteiger partial charge in [-0.1, -0.05) is 6.92 Å². The Bertz CT molecular complexity index is 26.5. The average molecular weight is 89.1 g/mol. The SMILES string of the molecule is CC([O-])C(C)O. The molecular weight excluding hydrogens is 80.0 g/mol. The maximum absolute atomic E-state index is 9.98. The summed E-state index contributed by atoms with van der Waals surface area (Å²) in [4.78, 5) is 0. The van der Waals surface area contributed by atoms with Crippen LogP contribution in [0.25, 0.3) is 0 Å². The van der Waals surface area contributed by atoms with E-state index in [9.17, 15) is 5.11 Å². The third-order valence-corrected chi connectivity index (χ3v) is 0.679. The Morgan fingerprint density at radius 2 is 1.67 bits per heavy atom. The molecule has 0 aliphatic rings. The Balaban J connectivity index is 2.99. The molecule has 0 aliphatic carbocycles. The molecule has 0 radical (unpaired) electrons. The van der Waals surface area contributed by atoms with E-state index in [1.807, 2.05) is 0 Å². The molecule has 2 unspecified atom stereocenters. The van der Waals surface area contributed by atoms with Crippen LogP contribution in [0.15, 0.2) is 0 Å². The van der Waals surface area contributed by atoms with Gasteiger partial charge in [-0.05, 0) is 6.92 Å². The van der Waals surface area contributed by atoms with Crippen LogP contribution in [-0.2, 0) is 0 Å². The number of aliphatic hydroxyl groups is 1. The molecule has 2 atom stereocenters. The van der Waals surface area contributed by atoms with Crippen molar-refractivity contribution >= 4 is 0 Å². The Kier molecular flexibility index (Phi) is 2.13. The molecule has 0 amide bonds. The summed E-state index contributed by atoms with van der Waals surface area (Å²) in [7, 11) is 0. The van der Waals surface area contributed by atoms with Crippen molar-refractivity contribution in [3.63, 3.8) is 0 Å². The van der Waals surface area contributed by atoms with E-state index >= 15 is 0 Å². The summed E-state index contributed by atoms with van der Waals surface area (Å²) in [6, 6.07) is 0. The minimum Gasteiger partial charge on any atom is -0.850 e. The molecule has 1 N–H and O–H groups in total. The molecule has 2 nitrogen and oxygen atoms in total. The summed E-state index contributed by atoms with van der Waals surface area (Å²) in [6.45, 7) is 2.92. The summed E-state index contributed by atoms with van der Waals surface area (Å²) in [6.07, 6.45) is -1.55. The lowest BCUT2D eigenvalue weighted by atomic mass is 10.3. The minimum absolute atomic E-state index is 0.704. The maximum atomic E-state index is 9.98. The molecule has 0 aliphatic heterocycles. The van der Waals surface area contributed by atoms with Crippen LogP contribution >= 0.6 is 0 Å². The van der Waals surface area contributed by atoms with E-state index < -0.39 is 12.2 Å². The first kappa shape index (κ1) is 5.92. The topological polar surface area (TPSA) is 43.3 Å². The molecule has 6 heavy (non-hydrogen) atoms. The van der Waals surface area contributed by atoms with Crippen LogP contribution in [0.4, 0.5) is 0 Å². The quantitative estimate of drug-likeness (QED) is 0.453. The van der Waals surface area contributed by atoms with Crippen LogP contribution in [0, 0.1) is 0 Å². The van der Waals surface area contributed by atoms with E-state index in [1.54, 1.807) is 0 Å². The Hall–Kier alpha value is -0.0800. The number of hydrogen-bond acceptors (Lipinski definition) is 2. The van der Waals surface area contributed by atoms with E-state index in [-0.39, 0.29) is 0 Å². The van der Waals surface area contributed by atoms with Gasteiger partial charge in [0.1, 0.15) is 0 Å². The van der Waals surface area contributed by atoms with Crippen molar-refractivity contribution in [3.05, 3.63) is 0 Å². The molecule has 0 spiro atoms. The normalized spacial score (nSPS) is 20.0. The lowest BCUT2D eigenvalue weighted by Crippen LogP contribution is -2.32. The van der Waals surface area contributed by atoms with Gasteiger partial charge < -0.3 is 10.2 Å². The van der Waals surface area contributed by atoms with Crippen LogP contribution in [0.1, 0.15) is 13.8 Å². The van der Waals surface area contributed by atoms with Gasteiger partial charge in [-0.15, -0.1) is 6.10 Å². The first-order valence-corrected chi connectivity index (χ1v) is 1.98. The molecular formula is C4H9O2-. The molecule has 0 aromatic rings. The van der Waals surface area contributed by atoms with Crippen molar-refractivity contribution in [2.45, 2.75) is 26.1 Å². The van der Waals surface area contributed by atoms with Gasteiger partial charge >= 0.3 is 0 Å². The second-order valence-electron chi connectivity index (χ2n) is 1.45. The molecule has 2 heteroatoms. The number of aliphatic hydroxyl groups excluding tert-OH is 1. The molecule has 38 valence electrons. The van der Waals surface area contributed by atoms with Crippen LogP contribution < -0.4 is 5.11 Å². The minimum atomic E-state index is -0.843. The molecule has 0 rings (SSSR count). The molecule has 0 saturated heterocycles. The third kappa shape index (κ3) is 2.18. The van der Waals surface area contributed by atoms with Gasteiger partial charge in [0.15, 0.2) is 0 Å². The van der Waals surface area contributed by atoms with Crippen LogP contribution in [-0.4, -0.2) is 17.3 Å². The fourth-order valence-corrected chi connectivity index (χ4v) is 0.